The van der Waals surface area contributed by atoms with Crippen molar-refractivity contribution < 1.29 is 19.1 Å². The van der Waals surface area contributed by atoms with Gasteiger partial charge < -0.3 is 20.0 Å². The van der Waals surface area contributed by atoms with Gasteiger partial charge in [0.1, 0.15) is 29.6 Å². The van der Waals surface area contributed by atoms with E-state index in [4.69, 9.17) is 20.0 Å². The first-order valence-corrected chi connectivity index (χ1v) is 6.17. The largest absolute Gasteiger partial charge is 0.491 e. The molecule has 1 unspecified atom stereocenters. The van der Waals surface area contributed by atoms with Crippen LogP contribution in [-0.2, 0) is 4.79 Å². The molecule has 0 aliphatic heterocycles. The molecule has 5 nitrogen and oxygen atoms in total. The fourth-order valence-electron chi connectivity index (χ4n) is 2.05. The Morgan fingerprint density at radius 2 is 1.95 bits per heavy atom. The number of aliphatic carboxylic acids is 1. The summed E-state index contributed by atoms with van der Waals surface area (Å²) in [6, 6.07) is 12.0. The van der Waals surface area contributed by atoms with E-state index in [-0.39, 0.29) is 6.61 Å². The molecule has 0 radical (unpaired) electrons. The number of rotatable bonds is 4. The maximum Gasteiger partial charge on any atom is 0.324 e. The number of carbonyl (C=O) groups is 1. The van der Waals surface area contributed by atoms with Crippen LogP contribution in [0.3, 0.4) is 0 Å². The Kier molecular flexibility index (Phi) is 3.04. The lowest BCUT2D eigenvalue weighted by Crippen LogP contribution is -2.36. The molecule has 0 fully saturated rings. The zero-order valence-electron chi connectivity index (χ0n) is 10.6. The maximum atomic E-state index is 10.6. The van der Waals surface area contributed by atoms with Gasteiger partial charge in [-0.1, -0.05) is 18.2 Å². The lowest BCUT2D eigenvalue weighted by Gasteiger charge is -2.09. The molecule has 1 atom stereocenters. The van der Waals surface area contributed by atoms with Gasteiger partial charge in [0.15, 0.2) is 0 Å². The number of benzene rings is 2. The van der Waals surface area contributed by atoms with Crippen LogP contribution in [0.25, 0.3) is 21.9 Å². The average Bonchev–Trinajstić information content (AvgIpc) is 2.82. The quantitative estimate of drug-likeness (QED) is 0.760. The molecule has 1 aromatic heterocycles. The van der Waals surface area contributed by atoms with Crippen molar-refractivity contribution in [1.29, 1.82) is 0 Å². The van der Waals surface area contributed by atoms with Gasteiger partial charge in [-0.15, -0.1) is 0 Å². The highest BCUT2D eigenvalue weighted by Crippen LogP contribution is 2.31. The van der Waals surface area contributed by atoms with Crippen molar-refractivity contribution in [1.82, 2.24) is 0 Å². The van der Waals surface area contributed by atoms with Crippen LogP contribution in [0.1, 0.15) is 0 Å². The first-order chi connectivity index (χ1) is 9.65. The van der Waals surface area contributed by atoms with Crippen LogP contribution < -0.4 is 10.5 Å². The van der Waals surface area contributed by atoms with Crippen LogP contribution in [0.5, 0.6) is 5.75 Å². The van der Waals surface area contributed by atoms with Crippen LogP contribution >= 0.6 is 0 Å². The number of carboxylic acid groups (broad SMARTS) is 1. The molecule has 1 heterocycles. The Morgan fingerprint density at radius 3 is 2.75 bits per heavy atom. The van der Waals surface area contributed by atoms with E-state index in [1.165, 1.54) is 0 Å². The summed E-state index contributed by atoms with van der Waals surface area (Å²) in [4.78, 5) is 10.6. The summed E-state index contributed by atoms with van der Waals surface area (Å²) in [5.41, 5.74) is 6.98. The lowest BCUT2D eigenvalue weighted by molar-refractivity contribution is -0.139. The van der Waals surface area contributed by atoms with Gasteiger partial charge in [0.25, 0.3) is 0 Å². The van der Waals surface area contributed by atoms with E-state index in [1.54, 1.807) is 12.1 Å². The predicted molar refractivity (Wildman–Crippen MR) is 74.8 cm³/mol. The van der Waals surface area contributed by atoms with Gasteiger partial charge in [-0.3, -0.25) is 4.79 Å². The minimum atomic E-state index is -1.08. The summed E-state index contributed by atoms with van der Waals surface area (Å²) in [6.07, 6.45) is 0. The number of nitrogens with two attached hydrogens (primary N) is 1. The van der Waals surface area contributed by atoms with Gasteiger partial charge in [0.2, 0.25) is 0 Å². The van der Waals surface area contributed by atoms with E-state index in [2.05, 4.69) is 0 Å². The molecular weight excluding hydrogens is 258 g/mol. The maximum absolute atomic E-state index is 10.6. The van der Waals surface area contributed by atoms with Crippen molar-refractivity contribution in [2.45, 2.75) is 6.04 Å². The van der Waals surface area contributed by atoms with Crippen LogP contribution in [-0.4, -0.2) is 23.7 Å². The van der Waals surface area contributed by atoms with E-state index in [0.29, 0.717) is 5.75 Å². The Hall–Kier alpha value is -2.53. The highest BCUT2D eigenvalue weighted by Gasteiger charge is 2.13. The molecule has 0 bridgehead atoms. The minimum Gasteiger partial charge on any atom is -0.491 e. The normalized spacial score (nSPS) is 12.7. The number of furan rings is 1. The molecule has 0 spiro atoms. The van der Waals surface area contributed by atoms with Gasteiger partial charge in [-0.2, -0.15) is 0 Å². The van der Waals surface area contributed by atoms with E-state index >= 15 is 0 Å². The molecule has 2 aromatic carbocycles. The van der Waals surface area contributed by atoms with Gasteiger partial charge in [-0.05, 0) is 24.3 Å². The molecule has 20 heavy (non-hydrogen) atoms. The van der Waals surface area contributed by atoms with Crippen molar-refractivity contribution in [2.75, 3.05) is 6.61 Å². The Bertz CT molecular complexity index is 778. The second-order valence-electron chi connectivity index (χ2n) is 4.51. The van der Waals surface area contributed by atoms with Gasteiger partial charge >= 0.3 is 5.97 Å². The summed E-state index contributed by atoms with van der Waals surface area (Å²) in [7, 11) is 0. The second kappa shape index (κ2) is 4.86. The van der Waals surface area contributed by atoms with Crippen LogP contribution in [0.2, 0.25) is 0 Å². The van der Waals surface area contributed by atoms with Crippen molar-refractivity contribution in [3.63, 3.8) is 0 Å². The smallest absolute Gasteiger partial charge is 0.324 e. The Morgan fingerprint density at radius 1 is 1.20 bits per heavy atom. The van der Waals surface area contributed by atoms with E-state index in [9.17, 15) is 4.79 Å². The first kappa shape index (κ1) is 12.5. The van der Waals surface area contributed by atoms with Crippen molar-refractivity contribution in [3.05, 3.63) is 42.5 Å². The molecule has 5 heteroatoms. The van der Waals surface area contributed by atoms with Gasteiger partial charge in [0.05, 0.1) is 0 Å². The highest BCUT2D eigenvalue weighted by atomic mass is 16.5. The molecule has 0 aliphatic rings. The minimum absolute atomic E-state index is 0.0728. The number of fused-ring (bicyclic) bond motifs is 3. The SMILES string of the molecule is NC(COc1ccc2oc3ccccc3c2c1)C(=O)O. The third-order valence-corrected chi connectivity index (χ3v) is 3.09. The number of carboxylic acids is 1. The standard InChI is InChI=1S/C15H13NO4/c16-12(15(17)18)8-19-9-5-6-14-11(7-9)10-3-1-2-4-13(10)20-14/h1-7,12H,8,16H2,(H,17,18). The van der Waals surface area contributed by atoms with Crippen molar-refractivity contribution in [2.24, 2.45) is 5.73 Å². The summed E-state index contributed by atoms with van der Waals surface area (Å²) < 4.78 is 11.1. The number of hydrogen-bond acceptors (Lipinski definition) is 4. The molecule has 3 N–H and O–H groups in total. The van der Waals surface area contributed by atoms with E-state index in [0.717, 1.165) is 21.9 Å². The zero-order chi connectivity index (χ0) is 14.1. The second-order valence-corrected chi connectivity index (χ2v) is 4.51. The fourth-order valence-corrected chi connectivity index (χ4v) is 2.05. The summed E-state index contributed by atoms with van der Waals surface area (Å²) in [5.74, 6) is -0.513. The average molecular weight is 271 g/mol. The number of hydrogen-bond donors (Lipinski definition) is 2. The molecule has 102 valence electrons. The Labute approximate surface area is 114 Å². The first-order valence-electron chi connectivity index (χ1n) is 6.17. The molecule has 0 aliphatic carbocycles. The molecule has 3 aromatic rings. The molecule has 3 rings (SSSR count). The highest BCUT2D eigenvalue weighted by molar-refractivity contribution is 6.05. The summed E-state index contributed by atoms with van der Waals surface area (Å²) in [6.45, 7) is -0.0728. The number of para-hydroxylation sites is 1. The fraction of sp³-hybridized carbons (Fsp3) is 0.133. The topological polar surface area (TPSA) is 85.7 Å². The van der Waals surface area contributed by atoms with Gasteiger partial charge in [-0.25, -0.2) is 0 Å². The third-order valence-electron chi connectivity index (χ3n) is 3.09. The summed E-state index contributed by atoms with van der Waals surface area (Å²) in [5, 5.41) is 10.6. The third kappa shape index (κ3) is 2.19. The lowest BCUT2D eigenvalue weighted by atomic mass is 10.1. The van der Waals surface area contributed by atoms with Crippen LogP contribution in [0.15, 0.2) is 46.9 Å². The van der Waals surface area contributed by atoms with E-state index < -0.39 is 12.0 Å². The molecule has 0 saturated carbocycles. The monoisotopic (exact) mass is 271 g/mol. The van der Waals surface area contributed by atoms with Crippen LogP contribution in [0, 0.1) is 0 Å². The van der Waals surface area contributed by atoms with Crippen molar-refractivity contribution in [3.8, 4) is 5.75 Å². The Balaban J connectivity index is 1.93. The molecule has 0 amide bonds. The van der Waals surface area contributed by atoms with Crippen molar-refractivity contribution >= 4 is 27.9 Å². The zero-order valence-corrected chi connectivity index (χ0v) is 10.6. The molecular formula is C15H13NO4. The van der Waals surface area contributed by atoms with Crippen LogP contribution in [0.4, 0.5) is 0 Å². The number of ether oxygens (including phenoxy) is 1. The predicted octanol–water partition coefficient (Wildman–Crippen LogP) is 2.38. The summed E-state index contributed by atoms with van der Waals surface area (Å²) >= 11 is 0. The molecule has 0 saturated heterocycles. The van der Waals surface area contributed by atoms with E-state index in [1.807, 2.05) is 30.3 Å². The van der Waals surface area contributed by atoms with Gasteiger partial charge in [0, 0.05) is 10.8 Å².